The van der Waals surface area contributed by atoms with Crippen LogP contribution in [0, 0.1) is 11.6 Å². The molecule has 0 saturated carbocycles. The molecule has 0 aliphatic carbocycles. The van der Waals surface area contributed by atoms with Crippen molar-refractivity contribution in [2.24, 2.45) is 0 Å². The first kappa shape index (κ1) is 73.0. The van der Waals surface area contributed by atoms with Gasteiger partial charge in [0.25, 0.3) is 11.8 Å². The number of hydrogen-bond donors (Lipinski definition) is 8. The number of carbonyl (C=O) groups excluding carboxylic acids is 4. The summed E-state index contributed by atoms with van der Waals surface area (Å²) in [5.74, 6) is -6.86. The topological polar surface area (TPSA) is 330 Å². The third kappa shape index (κ3) is 19.2. The Kier molecular flexibility index (Phi) is 27.5. The van der Waals surface area contributed by atoms with Crippen LogP contribution >= 0.6 is 0 Å². The van der Waals surface area contributed by atoms with Gasteiger partial charge in [-0.05, 0) is 137 Å². The number of carboxylic acids is 4. The fourth-order valence-corrected chi connectivity index (χ4v) is 10.5. The largest absolute Gasteiger partial charge is 1.00 e. The van der Waals surface area contributed by atoms with Gasteiger partial charge < -0.3 is 70.2 Å². The van der Waals surface area contributed by atoms with E-state index in [4.69, 9.17) is 10.2 Å². The molecule has 2 amide bonds. The van der Waals surface area contributed by atoms with Crippen LogP contribution in [0.25, 0.3) is 44.5 Å². The molecule has 4 unspecified atom stereocenters. The van der Waals surface area contributed by atoms with Crippen molar-refractivity contribution < 1.29 is 138 Å². The summed E-state index contributed by atoms with van der Waals surface area (Å²) in [7, 11) is 0. The number of carbonyl (C=O) groups is 6. The number of halogens is 2. The van der Waals surface area contributed by atoms with Crippen LogP contribution in [-0.2, 0) is 22.4 Å². The normalized spacial score (nSPS) is 12.3. The Hall–Kier alpha value is -7.74. The van der Waals surface area contributed by atoms with Gasteiger partial charge in [-0.2, -0.15) is 0 Å². The molecular formula is C66H66F2N6Na2O14. The van der Waals surface area contributed by atoms with Gasteiger partial charge in [-0.3, -0.25) is 19.2 Å². The molecular weight excluding hydrogens is 1180 g/mol. The average molecular weight is 1250 g/mol. The van der Waals surface area contributed by atoms with E-state index in [1.165, 1.54) is 48.5 Å². The standard InChI is InChI=1S/2C33H34FN3O7.2Na/c2*1-19(2)37-26(14-13-24(38)16-25(39)17-28(40)41)29(21-8-11-23(34)12-9-21)30(20-6-4-3-5-7-20)31(37)32(42)36-27-15-10-22(18-35-27)33(43)44;;/h2*3-12,15,18-19,24-25,38-39H,13-14,16-17H2,1-2H3,(H,40,41)(H,43,44)(H,35,36,42);;/q;;2*+1/p-2. The van der Waals surface area contributed by atoms with Crippen molar-refractivity contribution in [2.75, 3.05) is 10.6 Å². The van der Waals surface area contributed by atoms with Crippen molar-refractivity contribution in [3.8, 4) is 44.5 Å². The van der Waals surface area contributed by atoms with Crippen LogP contribution < -0.4 is 80.0 Å². The van der Waals surface area contributed by atoms with Gasteiger partial charge in [-0.25, -0.2) is 18.7 Å². The molecule has 0 radical (unpaired) electrons. The molecule has 460 valence electrons. The zero-order valence-corrected chi connectivity index (χ0v) is 54.5. The summed E-state index contributed by atoms with van der Waals surface area (Å²) in [5.41, 5.74) is 6.67. The molecule has 0 spiro atoms. The van der Waals surface area contributed by atoms with E-state index in [0.717, 1.165) is 12.4 Å². The molecule has 4 aromatic heterocycles. The molecule has 0 aliphatic rings. The van der Waals surface area contributed by atoms with Crippen molar-refractivity contribution in [2.45, 2.75) is 116 Å². The zero-order chi connectivity index (χ0) is 63.9. The van der Waals surface area contributed by atoms with Crippen molar-refractivity contribution in [1.82, 2.24) is 19.1 Å². The van der Waals surface area contributed by atoms with Gasteiger partial charge in [0.05, 0.1) is 49.2 Å². The minimum Gasteiger partial charge on any atom is -0.545 e. The molecule has 8 N–H and O–H groups in total. The second-order valence-electron chi connectivity index (χ2n) is 21.5. The number of carboxylic acid groups (broad SMARTS) is 4. The second kappa shape index (κ2) is 33.9. The number of nitrogens with one attached hydrogen (secondary N) is 2. The first-order chi connectivity index (χ1) is 41.9. The molecule has 24 heteroatoms. The fraction of sp³-hybridized carbons (Fsp3) is 0.273. The van der Waals surface area contributed by atoms with Gasteiger partial charge in [0.15, 0.2) is 0 Å². The molecule has 0 fully saturated rings. The average Bonchev–Trinajstić information content (AvgIpc) is 1.75. The molecule has 8 aromatic rings. The Balaban J connectivity index is 0.000000320. The maximum absolute atomic E-state index is 14.1. The summed E-state index contributed by atoms with van der Waals surface area (Å²) < 4.78 is 31.8. The predicted molar refractivity (Wildman–Crippen MR) is 319 cm³/mol. The maximum atomic E-state index is 14.1. The molecule has 8 rings (SSSR count). The summed E-state index contributed by atoms with van der Waals surface area (Å²) in [5, 5.41) is 87.4. The number of nitrogens with zero attached hydrogens (tertiary/aromatic N) is 4. The number of benzene rings is 4. The summed E-state index contributed by atoms with van der Waals surface area (Å²) in [6, 6.07) is 34.8. The van der Waals surface area contributed by atoms with E-state index in [-0.39, 0.29) is 144 Å². The summed E-state index contributed by atoms with van der Waals surface area (Å²) >= 11 is 0. The van der Waals surface area contributed by atoms with Gasteiger partial charge >= 0.3 is 71.1 Å². The van der Waals surface area contributed by atoms with Crippen LogP contribution in [0.15, 0.2) is 146 Å². The third-order valence-electron chi connectivity index (χ3n) is 14.3. The third-order valence-corrected chi connectivity index (χ3v) is 14.3. The molecule has 0 bridgehead atoms. The summed E-state index contributed by atoms with van der Waals surface area (Å²) in [6.45, 7) is 7.57. The number of aromatic carboxylic acids is 2. The number of anilines is 2. The minimum absolute atomic E-state index is 0. The number of amides is 2. The molecule has 4 heterocycles. The number of aromatic nitrogens is 4. The maximum Gasteiger partial charge on any atom is 1.00 e. The van der Waals surface area contributed by atoms with Crippen molar-refractivity contribution in [3.05, 3.63) is 191 Å². The minimum atomic E-state index is -1.40. The molecule has 4 aromatic carbocycles. The Morgan fingerprint density at radius 2 is 0.789 bits per heavy atom. The van der Waals surface area contributed by atoms with Crippen molar-refractivity contribution in [1.29, 1.82) is 0 Å². The fourth-order valence-electron chi connectivity index (χ4n) is 10.5. The number of rotatable bonds is 26. The molecule has 0 saturated heterocycles. The van der Waals surface area contributed by atoms with E-state index in [1.807, 2.05) is 97.5 Å². The van der Waals surface area contributed by atoms with E-state index < -0.39 is 84.6 Å². The van der Waals surface area contributed by atoms with Gasteiger partial charge in [0.1, 0.15) is 34.7 Å². The molecule has 0 aliphatic heterocycles. The second-order valence-corrected chi connectivity index (χ2v) is 21.5. The summed E-state index contributed by atoms with van der Waals surface area (Å²) in [6.07, 6.45) is -2.90. The Morgan fingerprint density at radius 3 is 1.07 bits per heavy atom. The molecule has 90 heavy (non-hydrogen) atoms. The Morgan fingerprint density at radius 1 is 0.467 bits per heavy atom. The summed E-state index contributed by atoms with van der Waals surface area (Å²) in [4.78, 5) is 80.6. The molecule has 4 atom stereocenters. The number of hydrogen-bond acceptors (Lipinski definition) is 14. The first-order valence-electron chi connectivity index (χ1n) is 28.2. The first-order valence-corrected chi connectivity index (χ1v) is 28.2. The number of aliphatic hydroxyl groups excluding tert-OH is 4. The molecule has 20 nitrogen and oxygen atoms in total. The number of aliphatic hydroxyl groups is 4. The zero-order valence-electron chi connectivity index (χ0n) is 50.5. The SMILES string of the molecule is CC(C)n1c(CCC(O)CC(O)CC(=O)O)c(-c2ccc(F)cc2)c(-c2ccccc2)c1C(=O)Nc1ccc(C(=O)[O-])cn1.CC(C)n1c(CCC(O)CC(O)CC(=O)O)c(-c2ccc(F)cc2)c(-c2ccccc2)c1C(=O)Nc1ccc(C(=O)[O-])cn1.[Na+].[Na+]. The van der Waals surface area contributed by atoms with Crippen LogP contribution in [0.3, 0.4) is 0 Å². The Labute approximate surface area is 561 Å². The van der Waals surface area contributed by atoms with E-state index >= 15 is 0 Å². The monoisotopic (exact) mass is 1250 g/mol. The van der Waals surface area contributed by atoms with Crippen LogP contribution in [-0.4, -0.2) is 110 Å². The Bertz CT molecular complexity index is 3490. The predicted octanol–water partition coefficient (Wildman–Crippen LogP) is 2.15. The quantitative estimate of drug-likeness (QED) is 0.0360. The van der Waals surface area contributed by atoms with Crippen molar-refractivity contribution in [3.63, 3.8) is 0 Å². The number of pyridine rings is 2. The van der Waals surface area contributed by atoms with E-state index in [0.29, 0.717) is 55.9 Å². The van der Waals surface area contributed by atoms with Crippen LogP contribution in [0.2, 0.25) is 0 Å². The van der Waals surface area contributed by atoms with Crippen LogP contribution in [0.4, 0.5) is 20.4 Å². The van der Waals surface area contributed by atoms with Gasteiger partial charge in [0, 0.05) is 69.2 Å². The smallest absolute Gasteiger partial charge is 0.545 e. The van der Waals surface area contributed by atoms with Gasteiger partial charge in [0.2, 0.25) is 0 Å². The van der Waals surface area contributed by atoms with Gasteiger partial charge in [-0.1, -0.05) is 84.9 Å². The van der Waals surface area contributed by atoms with Crippen LogP contribution in [0.1, 0.15) is 131 Å². The van der Waals surface area contributed by atoms with E-state index in [9.17, 15) is 68.2 Å². The van der Waals surface area contributed by atoms with Crippen molar-refractivity contribution >= 4 is 47.3 Å². The van der Waals surface area contributed by atoms with E-state index in [2.05, 4.69) is 20.6 Å². The van der Waals surface area contributed by atoms with Gasteiger partial charge in [-0.15, -0.1) is 0 Å². The van der Waals surface area contributed by atoms with Crippen LogP contribution in [0.5, 0.6) is 0 Å². The number of aliphatic carboxylic acids is 2. The van der Waals surface area contributed by atoms with E-state index in [1.54, 1.807) is 24.3 Å².